The molecule has 2 aromatic carbocycles. The fourth-order valence-electron chi connectivity index (χ4n) is 4.36. The third-order valence-electron chi connectivity index (χ3n) is 6.33. The molecule has 1 fully saturated rings. The van der Waals surface area contributed by atoms with Crippen LogP contribution in [-0.2, 0) is 16.6 Å². The summed E-state index contributed by atoms with van der Waals surface area (Å²) in [5.41, 5.74) is 4.06. The van der Waals surface area contributed by atoms with Crippen LogP contribution in [-0.4, -0.2) is 62.4 Å². The van der Waals surface area contributed by atoms with Crippen molar-refractivity contribution in [3.63, 3.8) is 0 Å². The van der Waals surface area contributed by atoms with E-state index in [1.54, 1.807) is 12.3 Å². The average Bonchev–Trinajstić information content (AvgIpc) is 3.26. The molecule has 1 aliphatic heterocycles. The molecule has 0 spiro atoms. The third-order valence-corrected chi connectivity index (χ3v) is 7.81. The van der Waals surface area contributed by atoms with E-state index < -0.39 is 10.0 Å². The van der Waals surface area contributed by atoms with Crippen molar-refractivity contribution in [1.29, 1.82) is 0 Å². The normalized spacial score (nSPS) is 14.2. The first kappa shape index (κ1) is 24.4. The molecule has 0 saturated carbocycles. The summed E-state index contributed by atoms with van der Waals surface area (Å²) in [6.45, 7) is 4.38. The van der Waals surface area contributed by atoms with Gasteiger partial charge in [-0.15, -0.1) is 0 Å². The highest BCUT2D eigenvalue weighted by Crippen LogP contribution is 2.32. The van der Waals surface area contributed by atoms with Crippen LogP contribution in [0.15, 0.2) is 60.9 Å². The topological polar surface area (TPSA) is 95.4 Å². The van der Waals surface area contributed by atoms with Crippen molar-refractivity contribution >= 4 is 55.7 Å². The van der Waals surface area contributed by atoms with Crippen LogP contribution in [0.4, 0.5) is 23.0 Å². The zero-order valence-electron chi connectivity index (χ0n) is 20.1. The van der Waals surface area contributed by atoms with Gasteiger partial charge in [0.2, 0.25) is 16.0 Å². The standard InChI is InChI=1S/C25H28ClN7O2S/c1-31(36(2,34)35)23-19(4-3-5-22(23)26)17-33-13-10-18-16-28-25(30-24(18)33)29-20-6-8-21(9-7-20)32-14-11-27-12-15-32/h3-10,13,16,27H,11-12,14-15,17H2,1-2H3,(H,28,29,30). The van der Waals surface area contributed by atoms with E-state index in [4.69, 9.17) is 16.6 Å². The highest BCUT2D eigenvalue weighted by Gasteiger charge is 2.20. The van der Waals surface area contributed by atoms with Gasteiger partial charge in [0.05, 0.1) is 23.5 Å². The lowest BCUT2D eigenvalue weighted by atomic mass is 10.1. The Morgan fingerprint density at radius 1 is 1.11 bits per heavy atom. The van der Waals surface area contributed by atoms with Crippen LogP contribution in [0, 0.1) is 0 Å². The SMILES string of the molecule is CN(c1c(Cl)cccc1Cn1ccc2cnc(Nc3ccc(N4CCNCC4)cc3)nc21)S(C)(=O)=O. The van der Waals surface area contributed by atoms with Crippen LogP contribution in [0.3, 0.4) is 0 Å². The lowest BCUT2D eigenvalue weighted by molar-refractivity contribution is 0.589. The Balaban J connectivity index is 1.39. The number of nitrogens with one attached hydrogen (secondary N) is 2. The van der Waals surface area contributed by atoms with Crippen molar-refractivity contribution in [3.05, 3.63) is 71.5 Å². The third kappa shape index (κ3) is 5.11. The second-order valence-corrected chi connectivity index (χ2v) is 11.2. The van der Waals surface area contributed by atoms with Crippen molar-refractivity contribution in [3.8, 4) is 0 Å². The maximum Gasteiger partial charge on any atom is 0.232 e. The molecule has 0 atom stereocenters. The number of hydrogen-bond acceptors (Lipinski definition) is 7. The van der Waals surface area contributed by atoms with E-state index >= 15 is 0 Å². The zero-order valence-corrected chi connectivity index (χ0v) is 21.7. The van der Waals surface area contributed by atoms with Crippen LogP contribution in [0.5, 0.6) is 0 Å². The number of fused-ring (bicyclic) bond motifs is 1. The van der Waals surface area contributed by atoms with Gasteiger partial charge in [-0.3, -0.25) is 4.31 Å². The number of nitrogens with zero attached hydrogens (tertiary/aromatic N) is 5. The summed E-state index contributed by atoms with van der Waals surface area (Å²) in [7, 11) is -1.97. The predicted molar refractivity (Wildman–Crippen MR) is 146 cm³/mol. The summed E-state index contributed by atoms with van der Waals surface area (Å²) < 4.78 is 27.6. The number of anilines is 4. The van der Waals surface area contributed by atoms with Crippen molar-refractivity contribution < 1.29 is 8.42 Å². The minimum absolute atomic E-state index is 0.373. The highest BCUT2D eigenvalue weighted by atomic mass is 35.5. The molecular weight excluding hydrogens is 498 g/mol. The first-order valence-electron chi connectivity index (χ1n) is 11.7. The van der Waals surface area contributed by atoms with Crippen LogP contribution in [0.1, 0.15) is 5.56 Å². The Morgan fingerprint density at radius 2 is 1.86 bits per heavy atom. The van der Waals surface area contributed by atoms with Gasteiger partial charge >= 0.3 is 0 Å². The Labute approximate surface area is 215 Å². The number of hydrogen-bond donors (Lipinski definition) is 2. The molecule has 36 heavy (non-hydrogen) atoms. The summed E-state index contributed by atoms with van der Waals surface area (Å²) in [5.74, 6) is 0.483. The van der Waals surface area contributed by atoms with Crippen LogP contribution in [0.25, 0.3) is 11.0 Å². The number of benzene rings is 2. The molecule has 0 radical (unpaired) electrons. The zero-order chi connectivity index (χ0) is 25.3. The van der Waals surface area contributed by atoms with Gasteiger partial charge in [0.1, 0.15) is 5.65 Å². The second-order valence-electron chi connectivity index (χ2n) is 8.80. The smallest absolute Gasteiger partial charge is 0.232 e. The van der Waals surface area contributed by atoms with Gasteiger partial charge in [0.25, 0.3) is 0 Å². The Hall–Kier alpha value is -3.34. The summed E-state index contributed by atoms with van der Waals surface area (Å²) in [6.07, 6.45) is 4.85. The highest BCUT2D eigenvalue weighted by molar-refractivity contribution is 7.92. The summed E-state index contributed by atoms with van der Waals surface area (Å²) in [4.78, 5) is 11.6. The Kier molecular flexibility index (Phi) is 6.74. The lowest BCUT2D eigenvalue weighted by Crippen LogP contribution is -2.43. The maximum absolute atomic E-state index is 12.2. The number of halogens is 1. The Bertz CT molecular complexity index is 1480. The van der Waals surface area contributed by atoms with Gasteiger partial charge in [-0.2, -0.15) is 4.98 Å². The lowest BCUT2D eigenvalue weighted by Gasteiger charge is -2.29. The monoisotopic (exact) mass is 525 g/mol. The van der Waals surface area contributed by atoms with E-state index in [-0.39, 0.29) is 0 Å². The van der Waals surface area contributed by atoms with Gasteiger partial charge in [-0.25, -0.2) is 13.4 Å². The molecule has 0 bridgehead atoms. The molecule has 2 N–H and O–H groups in total. The van der Waals surface area contributed by atoms with Gasteiger partial charge < -0.3 is 20.1 Å². The van der Waals surface area contributed by atoms with E-state index in [9.17, 15) is 8.42 Å². The molecule has 4 aromatic rings. The number of piperazine rings is 1. The molecule has 1 aliphatic rings. The van der Waals surface area contributed by atoms with Crippen LogP contribution >= 0.6 is 11.6 Å². The van der Waals surface area contributed by atoms with E-state index in [0.29, 0.717) is 23.2 Å². The molecule has 188 valence electrons. The van der Waals surface area contributed by atoms with E-state index in [0.717, 1.165) is 54.7 Å². The molecular formula is C25H28ClN7O2S. The summed E-state index contributed by atoms with van der Waals surface area (Å²) >= 11 is 6.41. The molecule has 5 rings (SSSR count). The largest absolute Gasteiger partial charge is 0.369 e. The Morgan fingerprint density at radius 3 is 2.58 bits per heavy atom. The van der Waals surface area contributed by atoms with Gasteiger partial charge in [-0.05, 0) is 42.0 Å². The van der Waals surface area contributed by atoms with Gasteiger partial charge in [0, 0.05) is 62.4 Å². The van der Waals surface area contributed by atoms with Crippen molar-refractivity contribution in [1.82, 2.24) is 19.9 Å². The average molecular weight is 526 g/mol. The minimum Gasteiger partial charge on any atom is -0.369 e. The van der Waals surface area contributed by atoms with Crippen molar-refractivity contribution in [2.45, 2.75) is 6.54 Å². The fraction of sp³-hybridized carbons (Fsp3) is 0.280. The number of sulfonamides is 1. The number of rotatable bonds is 7. The second kappa shape index (κ2) is 9.96. The predicted octanol–water partition coefficient (Wildman–Crippen LogP) is 3.68. The maximum atomic E-state index is 12.2. The molecule has 9 nitrogen and oxygen atoms in total. The molecule has 0 unspecified atom stereocenters. The van der Waals surface area contributed by atoms with Gasteiger partial charge in [-0.1, -0.05) is 23.7 Å². The van der Waals surface area contributed by atoms with E-state index in [1.165, 1.54) is 17.0 Å². The molecule has 0 aliphatic carbocycles. The quantitative estimate of drug-likeness (QED) is 0.380. The number of aromatic nitrogens is 3. The number of para-hydroxylation sites is 1. The van der Waals surface area contributed by atoms with Crippen molar-refractivity contribution in [2.24, 2.45) is 0 Å². The minimum atomic E-state index is -3.48. The molecule has 1 saturated heterocycles. The first-order chi connectivity index (χ1) is 17.3. The van der Waals surface area contributed by atoms with Crippen molar-refractivity contribution in [2.75, 3.05) is 54.0 Å². The molecule has 3 heterocycles. The summed E-state index contributed by atoms with van der Waals surface area (Å²) in [6, 6.07) is 15.6. The summed E-state index contributed by atoms with van der Waals surface area (Å²) in [5, 5.41) is 7.92. The van der Waals surface area contributed by atoms with Crippen LogP contribution in [0.2, 0.25) is 5.02 Å². The van der Waals surface area contributed by atoms with E-state index in [1.807, 2.05) is 41.1 Å². The molecule has 0 amide bonds. The molecule has 11 heteroatoms. The van der Waals surface area contributed by atoms with E-state index in [2.05, 4.69) is 32.7 Å². The van der Waals surface area contributed by atoms with Crippen LogP contribution < -0.4 is 19.8 Å². The molecule has 2 aromatic heterocycles. The van der Waals surface area contributed by atoms with Gasteiger partial charge in [0.15, 0.2) is 0 Å². The first-order valence-corrected chi connectivity index (χ1v) is 13.9. The fourth-order valence-corrected chi connectivity index (χ4v) is 5.27.